The molecule has 106 valence electrons. The Morgan fingerprint density at radius 2 is 2.00 bits per heavy atom. The fraction of sp³-hybridized carbons (Fsp3) is 0.0714. The highest BCUT2D eigenvalue weighted by Gasteiger charge is 2.21. The first-order chi connectivity index (χ1) is 10.2. The van der Waals surface area contributed by atoms with Gasteiger partial charge in [-0.15, -0.1) is 0 Å². The Labute approximate surface area is 125 Å². The SMILES string of the molecule is O=[N+]([O-])c1c(NCc2ccccc2Cl)nc2ccccn12. The Hall–Kier alpha value is -2.60. The number of hydrogen-bond donors (Lipinski definition) is 1. The van der Waals surface area contributed by atoms with Crippen molar-refractivity contribution in [1.29, 1.82) is 0 Å². The Balaban J connectivity index is 1.95. The maximum atomic E-state index is 11.3. The van der Waals surface area contributed by atoms with Crippen molar-refractivity contribution >= 4 is 28.9 Å². The standard InChI is InChI=1S/C14H11ClN4O2/c15-11-6-2-1-5-10(11)9-16-13-14(19(20)21)18-8-4-3-7-12(18)17-13/h1-8,16H,9H2. The maximum Gasteiger partial charge on any atom is 0.372 e. The summed E-state index contributed by atoms with van der Waals surface area (Å²) in [6.07, 6.45) is 1.61. The molecule has 2 aromatic heterocycles. The number of halogens is 1. The molecule has 0 spiro atoms. The quantitative estimate of drug-likeness (QED) is 0.591. The van der Waals surface area contributed by atoms with E-state index in [1.807, 2.05) is 18.2 Å². The van der Waals surface area contributed by atoms with E-state index in [1.54, 1.807) is 30.5 Å². The molecule has 0 unspecified atom stereocenters. The number of imidazole rings is 1. The van der Waals surface area contributed by atoms with Crippen molar-refractivity contribution in [3.8, 4) is 0 Å². The average Bonchev–Trinajstić information content (AvgIpc) is 2.85. The van der Waals surface area contributed by atoms with E-state index in [-0.39, 0.29) is 11.6 Å². The predicted molar refractivity (Wildman–Crippen MR) is 80.6 cm³/mol. The molecule has 0 saturated heterocycles. The van der Waals surface area contributed by atoms with Crippen molar-refractivity contribution in [3.05, 3.63) is 69.4 Å². The molecule has 0 amide bonds. The van der Waals surface area contributed by atoms with Gasteiger partial charge in [-0.1, -0.05) is 35.9 Å². The number of anilines is 1. The minimum atomic E-state index is -0.449. The number of rotatable bonds is 4. The number of nitrogens with zero attached hydrogens (tertiary/aromatic N) is 3. The van der Waals surface area contributed by atoms with Crippen molar-refractivity contribution < 1.29 is 4.92 Å². The van der Waals surface area contributed by atoms with E-state index >= 15 is 0 Å². The summed E-state index contributed by atoms with van der Waals surface area (Å²) in [5, 5.41) is 14.8. The van der Waals surface area contributed by atoms with Gasteiger partial charge in [-0.05, 0) is 22.6 Å². The van der Waals surface area contributed by atoms with Crippen molar-refractivity contribution in [2.75, 3.05) is 5.32 Å². The first-order valence-corrected chi connectivity index (χ1v) is 6.63. The van der Waals surface area contributed by atoms with Crippen LogP contribution in [0.4, 0.5) is 11.6 Å². The third-order valence-electron chi connectivity index (χ3n) is 3.08. The molecule has 3 aromatic rings. The summed E-state index contributed by atoms with van der Waals surface area (Å²) < 4.78 is 1.44. The molecular formula is C14H11ClN4O2. The van der Waals surface area contributed by atoms with Gasteiger partial charge in [0.2, 0.25) is 11.5 Å². The molecule has 0 bridgehead atoms. The molecular weight excluding hydrogens is 292 g/mol. The van der Waals surface area contributed by atoms with E-state index in [1.165, 1.54) is 4.40 Å². The molecule has 0 radical (unpaired) electrons. The summed E-state index contributed by atoms with van der Waals surface area (Å²) in [7, 11) is 0. The van der Waals surface area contributed by atoms with Crippen LogP contribution in [0.5, 0.6) is 0 Å². The Bertz CT molecular complexity index is 816. The zero-order valence-electron chi connectivity index (χ0n) is 10.9. The lowest BCUT2D eigenvalue weighted by Crippen LogP contribution is -2.03. The Morgan fingerprint density at radius 1 is 1.24 bits per heavy atom. The summed E-state index contributed by atoms with van der Waals surface area (Å²) in [5.74, 6) is 0.142. The van der Waals surface area contributed by atoms with Crippen LogP contribution in [0.2, 0.25) is 5.02 Å². The van der Waals surface area contributed by atoms with Gasteiger partial charge in [0.15, 0.2) is 0 Å². The van der Waals surface area contributed by atoms with Gasteiger partial charge in [-0.25, -0.2) is 0 Å². The van der Waals surface area contributed by atoms with E-state index < -0.39 is 4.92 Å². The van der Waals surface area contributed by atoms with Crippen LogP contribution in [-0.4, -0.2) is 14.3 Å². The number of benzene rings is 1. The van der Waals surface area contributed by atoms with E-state index in [2.05, 4.69) is 10.3 Å². The van der Waals surface area contributed by atoms with Crippen LogP contribution >= 0.6 is 11.6 Å². The molecule has 2 heterocycles. The highest BCUT2D eigenvalue weighted by molar-refractivity contribution is 6.31. The van der Waals surface area contributed by atoms with Crippen LogP contribution in [0.1, 0.15) is 5.56 Å². The van der Waals surface area contributed by atoms with E-state index in [0.29, 0.717) is 17.2 Å². The van der Waals surface area contributed by atoms with Crippen molar-refractivity contribution in [1.82, 2.24) is 9.38 Å². The number of hydrogen-bond acceptors (Lipinski definition) is 4. The Kier molecular flexibility index (Phi) is 3.45. The van der Waals surface area contributed by atoms with Gasteiger partial charge >= 0.3 is 5.82 Å². The normalized spacial score (nSPS) is 10.7. The van der Waals surface area contributed by atoms with Gasteiger partial charge in [0.05, 0.1) is 6.20 Å². The molecule has 0 aliphatic carbocycles. The van der Waals surface area contributed by atoms with Gasteiger partial charge in [-0.2, -0.15) is 9.38 Å². The van der Waals surface area contributed by atoms with Gasteiger partial charge in [0.25, 0.3) is 0 Å². The molecule has 7 heteroatoms. The fourth-order valence-electron chi connectivity index (χ4n) is 2.10. The summed E-state index contributed by atoms with van der Waals surface area (Å²) in [6.45, 7) is 0.365. The molecule has 0 aliphatic rings. The van der Waals surface area contributed by atoms with Crippen LogP contribution in [0, 0.1) is 10.1 Å². The zero-order valence-corrected chi connectivity index (χ0v) is 11.6. The highest BCUT2D eigenvalue weighted by Crippen LogP contribution is 2.26. The molecule has 0 saturated carbocycles. The second-order valence-corrected chi connectivity index (χ2v) is 4.82. The summed E-state index contributed by atoms with van der Waals surface area (Å²) in [4.78, 5) is 15.1. The van der Waals surface area contributed by atoms with Crippen molar-refractivity contribution in [2.45, 2.75) is 6.54 Å². The molecule has 6 nitrogen and oxygen atoms in total. The summed E-state index contributed by atoms with van der Waals surface area (Å²) >= 11 is 6.07. The molecule has 1 N–H and O–H groups in total. The molecule has 3 rings (SSSR count). The molecule has 1 aromatic carbocycles. The molecule has 21 heavy (non-hydrogen) atoms. The van der Waals surface area contributed by atoms with E-state index in [0.717, 1.165) is 5.56 Å². The Morgan fingerprint density at radius 3 is 2.76 bits per heavy atom. The lowest BCUT2D eigenvalue weighted by molar-refractivity contribution is -0.389. The lowest BCUT2D eigenvalue weighted by atomic mass is 10.2. The number of nitrogens with one attached hydrogen (secondary N) is 1. The van der Waals surface area contributed by atoms with Crippen LogP contribution in [0.3, 0.4) is 0 Å². The monoisotopic (exact) mass is 302 g/mol. The smallest absolute Gasteiger partial charge is 0.359 e. The van der Waals surface area contributed by atoms with Gasteiger partial charge < -0.3 is 15.4 Å². The summed E-state index contributed by atoms with van der Waals surface area (Å²) in [6, 6.07) is 12.5. The maximum absolute atomic E-state index is 11.3. The second kappa shape index (κ2) is 5.41. The predicted octanol–water partition coefficient (Wildman–Crippen LogP) is 3.51. The number of nitro groups is 1. The highest BCUT2D eigenvalue weighted by atomic mass is 35.5. The van der Waals surface area contributed by atoms with Crippen molar-refractivity contribution in [3.63, 3.8) is 0 Å². The number of fused-ring (bicyclic) bond motifs is 1. The van der Waals surface area contributed by atoms with E-state index in [9.17, 15) is 10.1 Å². The second-order valence-electron chi connectivity index (χ2n) is 4.41. The topological polar surface area (TPSA) is 72.5 Å². The number of aromatic nitrogens is 2. The zero-order chi connectivity index (χ0) is 14.8. The average molecular weight is 303 g/mol. The number of pyridine rings is 1. The lowest BCUT2D eigenvalue weighted by Gasteiger charge is -2.05. The van der Waals surface area contributed by atoms with Gasteiger partial charge in [0, 0.05) is 17.6 Å². The third kappa shape index (κ3) is 2.53. The first kappa shape index (κ1) is 13.4. The van der Waals surface area contributed by atoms with Crippen LogP contribution in [0.15, 0.2) is 48.7 Å². The molecule has 0 aliphatic heterocycles. The summed E-state index contributed by atoms with van der Waals surface area (Å²) in [5.41, 5.74) is 1.37. The minimum Gasteiger partial charge on any atom is -0.359 e. The van der Waals surface area contributed by atoms with Crippen LogP contribution in [0.25, 0.3) is 5.65 Å². The first-order valence-electron chi connectivity index (χ1n) is 6.25. The van der Waals surface area contributed by atoms with Crippen molar-refractivity contribution in [2.24, 2.45) is 0 Å². The minimum absolute atomic E-state index is 0.0855. The van der Waals surface area contributed by atoms with Crippen LogP contribution < -0.4 is 5.32 Å². The van der Waals surface area contributed by atoms with Gasteiger partial charge in [-0.3, -0.25) is 0 Å². The van der Waals surface area contributed by atoms with Crippen LogP contribution in [-0.2, 0) is 6.54 Å². The third-order valence-corrected chi connectivity index (χ3v) is 3.45. The molecule has 0 fully saturated rings. The van der Waals surface area contributed by atoms with Gasteiger partial charge in [0.1, 0.15) is 0 Å². The largest absolute Gasteiger partial charge is 0.372 e. The fourth-order valence-corrected chi connectivity index (χ4v) is 2.30. The molecule has 0 atom stereocenters. The van der Waals surface area contributed by atoms with E-state index in [4.69, 9.17) is 11.6 Å².